The van der Waals surface area contributed by atoms with Crippen molar-refractivity contribution in [1.29, 1.82) is 0 Å². The van der Waals surface area contributed by atoms with Crippen molar-refractivity contribution in [2.24, 2.45) is 0 Å². The summed E-state index contributed by atoms with van der Waals surface area (Å²) in [6, 6.07) is 15.8. The van der Waals surface area contributed by atoms with E-state index in [1.54, 1.807) is 24.8 Å². The first kappa shape index (κ1) is 18.6. The minimum absolute atomic E-state index is 0.0632. The van der Waals surface area contributed by atoms with E-state index in [9.17, 15) is 4.79 Å². The number of nitrogens with zero attached hydrogens (tertiary/aromatic N) is 3. The molecule has 27 heavy (non-hydrogen) atoms. The van der Waals surface area contributed by atoms with E-state index in [0.717, 1.165) is 24.2 Å². The number of hydrogen-bond donors (Lipinski definition) is 1. The molecule has 0 saturated carbocycles. The quantitative estimate of drug-likeness (QED) is 0.699. The standard InChI is InChI=1S/C22H24N4O/c1-17(19-6-4-3-5-7-19)25-22(27)20-14-21(16-24-15-20)26(2)13-10-18-8-11-23-12-9-18/h3-9,11-12,14-17H,10,13H2,1-2H3,(H,25,27). The molecule has 0 bridgehead atoms. The molecule has 1 atom stereocenters. The summed E-state index contributed by atoms with van der Waals surface area (Å²) in [6.07, 6.45) is 7.89. The number of amides is 1. The summed E-state index contributed by atoms with van der Waals surface area (Å²) in [7, 11) is 2.01. The molecule has 0 spiro atoms. The van der Waals surface area contributed by atoms with E-state index in [1.165, 1.54) is 5.56 Å². The highest BCUT2D eigenvalue weighted by atomic mass is 16.1. The van der Waals surface area contributed by atoms with Gasteiger partial charge in [-0.3, -0.25) is 14.8 Å². The van der Waals surface area contributed by atoms with E-state index in [1.807, 2.05) is 62.5 Å². The first-order chi connectivity index (χ1) is 13.1. The van der Waals surface area contributed by atoms with E-state index in [0.29, 0.717) is 5.56 Å². The summed E-state index contributed by atoms with van der Waals surface area (Å²) >= 11 is 0. The molecule has 5 heteroatoms. The lowest BCUT2D eigenvalue weighted by molar-refractivity contribution is 0.0939. The van der Waals surface area contributed by atoms with Crippen molar-refractivity contribution >= 4 is 11.6 Å². The molecule has 1 aromatic carbocycles. The van der Waals surface area contributed by atoms with Crippen molar-refractivity contribution in [2.75, 3.05) is 18.5 Å². The van der Waals surface area contributed by atoms with Gasteiger partial charge in [-0.15, -0.1) is 0 Å². The summed E-state index contributed by atoms with van der Waals surface area (Å²) in [5.41, 5.74) is 3.79. The number of pyridine rings is 2. The fourth-order valence-corrected chi connectivity index (χ4v) is 2.84. The molecule has 2 heterocycles. The number of anilines is 1. The first-order valence-corrected chi connectivity index (χ1v) is 9.04. The minimum Gasteiger partial charge on any atom is -0.373 e. The Bertz CT molecular complexity index is 868. The summed E-state index contributed by atoms with van der Waals surface area (Å²) in [4.78, 5) is 23.0. The Kier molecular flexibility index (Phi) is 6.15. The van der Waals surface area contributed by atoms with Gasteiger partial charge in [0.15, 0.2) is 0 Å². The molecule has 3 rings (SSSR count). The molecule has 138 valence electrons. The van der Waals surface area contributed by atoms with Crippen molar-refractivity contribution in [3.05, 3.63) is 90.0 Å². The van der Waals surface area contributed by atoms with Gasteiger partial charge in [0, 0.05) is 32.2 Å². The Morgan fingerprint density at radius 1 is 1.07 bits per heavy atom. The van der Waals surface area contributed by atoms with Crippen LogP contribution in [0.1, 0.15) is 34.5 Å². The topological polar surface area (TPSA) is 58.1 Å². The number of carbonyl (C=O) groups excluding carboxylic acids is 1. The third kappa shape index (κ3) is 5.14. The van der Waals surface area contributed by atoms with Crippen molar-refractivity contribution in [3.8, 4) is 0 Å². The van der Waals surface area contributed by atoms with Crippen LogP contribution < -0.4 is 10.2 Å². The number of benzene rings is 1. The third-order valence-corrected chi connectivity index (χ3v) is 4.56. The molecule has 5 nitrogen and oxygen atoms in total. The summed E-state index contributed by atoms with van der Waals surface area (Å²) < 4.78 is 0. The van der Waals surface area contributed by atoms with Gasteiger partial charge in [-0.2, -0.15) is 0 Å². The van der Waals surface area contributed by atoms with Gasteiger partial charge >= 0.3 is 0 Å². The Hall–Kier alpha value is -3.21. The fourth-order valence-electron chi connectivity index (χ4n) is 2.84. The van der Waals surface area contributed by atoms with E-state index >= 15 is 0 Å². The highest BCUT2D eigenvalue weighted by Gasteiger charge is 2.13. The van der Waals surface area contributed by atoms with Crippen molar-refractivity contribution < 1.29 is 4.79 Å². The zero-order valence-electron chi connectivity index (χ0n) is 15.7. The van der Waals surface area contributed by atoms with Gasteiger partial charge in [0.2, 0.25) is 0 Å². The zero-order valence-corrected chi connectivity index (χ0v) is 15.7. The molecule has 0 fully saturated rings. The molecular weight excluding hydrogens is 336 g/mol. The van der Waals surface area contributed by atoms with E-state index < -0.39 is 0 Å². The smallest absolute Gasteiger partial charge is 0.253 e. The first-order valence-electron chi connectivity index (χ1n) is 9.04. The Balaban J connectivity index is 1.63. The second kappa shape index (κ2) is 8.94. The van der Waals surface area contributed by atoms with Crippen LogP contribution >= 0.6 is 0 Å². The average Bonchev–Trinajstić information content (AvgIpc) is 2.73. The lowest BCUT2D eigenvalue weighted by Gasteiger charge is -2.20. The Morgan fingerprint density at radius 2 is 1.81 bits per heavy atom. The van der Waals surface area contributed by atoms with Gasteiger partial charge in [0.1, 0.15) is 0 Å². The zero-order chi connectivity index (χ0) is 19.1. The number of nitrogens with one attached hydrogen (secondary N) is 1. The predicted molar refractivity (Wildman–Crippen MR) is 108 cm³/mol. The van der Waals surface area contributed by atoms with Crippen LogP contribution in [0.4, 0.5) is 5.69 Å². The van der Waals surface area contributed by atoms with Crippen molar-refractivity contribution in [2.45, 2.75) is 19.4 Å². The number of likely N-dealkylation sites (N-methyl/N-ethyl adjacent to an activating group) is 1. The van der Waals surface area contributed by atoms with Gasteiger partial charge in [-0.05, 0) is 42.7 Å². The molecule has 0 radical (unpaired) electrons. The number of aromatic nitrogens is 2. The maximum atomic E-state index is 12.6. The molecule has 0 aliphatic heterocycles. The van der Waals surface area contributed by atoms with Crippen LogP contribution in [0.25, 0.3) is 0 Å². The third-order valence-electron chi connectivity index (χ3n) is 4.56. The van der Waals surface area contributed by atoms with Gasteiger partial charge in [0.05, 0.1) is 23.5 Å². The van der Waals surface area contributed by atoms with Gasteiger partial charge in [0.25, 0.3) is 5.91 Å². The highest BCUT2D eigenvalue weighted by molar-refractivity contribution is 5.95. The lowest BCUT2D eigenvalue weighted by Crippen LogP contribution is -2.27. The molecule has 0 aliphatic carbocycles. The van der Waals surface area contributed by atoms with Crippen LogP contribution in [0.5, 0.6) is 0 Å². The van der Waals surface area contributed by atoms with E-state index in [-0.39, 0.29) is 11.9 Å². The van der Waals surface area contributed by atoms with Gasteiger partial charge < -0.3 is 10.2 Å². The monoisotopic (exact) mass is 360 g/mol. The summed E-state index contributed by atoms with van der Waals surface area (Å²) in [6.45, 7) is 2.81. The largest absolute Gasteiger partial charge is 0.373 e. The molecule has 3 aromatic rings. The number of hydrogen-bond acceptors (Lipinski definition) is 4. The van der Waals surface area contributed by atoms with Crippen LogP contribution in [0.2, 0.25) is 0 Å². The highest BCUT2D eigenvalue weighted by Crippen LogP contribution is 2.16. The molecule has 1 amide bonds. The predicted octanol–water partition coefficient (Wildman–Crippen LogP) is 3.65. The van der Waals surface area contributed by atoms with Crippen molar-refractivity contribution in [3.63, 3.8) is 0 Å². The van der Waals surface area contributed by atoms with Gasteiger partial charge in [-0.1, -0.05) is 30.3 Å². The summed E-state index contributed by atoms with van der Waals surface area (Å²) in [5.74, 6) is -0.122. The normalized spacial score (nSPS) is 11.6. The van der Waals surface area contributed by atoms with E-state index in [2.05, 4.69) is 20.2 Å². The molecule has 0 saturated heterocycles. The molecule has 1 unspecified atom stereocenters. The second-order valence-corrected chi connectivity index (χ2v) is 6.56. The number of rotatable bonds is 7. The second-order valence-electron chi connectivity index (χ2n) is 6.56. The van der Waals surface area contributed by atoms with Crippen LogP contribution in [0, 0.1) is 0 Å². The van der Waals surface area contributed by atoms with Crippen molar-refractivity contribution in [1.82, 2.24) is 15.3 Å². The Labute approximate surface area is 160 Å². The average molecular weight is 360 g/mol. The number of carbonyl (C=O) groups is 1. The van der Waals surface area contributed by atoms with Crippen LogP contribution in [-0.4, -0.2) is 29.5 Å². The maximum Gasteiger partial charge on any atom is 0.253 e. The molecule has 1 N–H and O–H groups in total. The SMILES string of the molecule is CC(NC(=O)c1cncc(N(C)CCc2ccncc2)c1)c1ccccc1. The fraction of sp³-hybridized carbons (Fsp3) is 0.227. The molecule has 2 aromatic heterocycles. The minimum atomic E-state index is -0.122. The Morgan fingerprint density at radius 3 is 2.56 bits per heavy atom. The molecular formula is C22H24N4O. The molecule has 0 aliphatic rings. The maximum absolute atomic E-state index is 12.6. The van der Waals surface area contributed by atoms with Crippen LogP contribution in [0.3, 0.4) is 0 Å². The van der Waals surface area contributed by atoms with Crippen LogP contribution in [0.15, 0.2) is 73.3 Å². The lowest BCUT2D eigenvalue weighted by atomic mass is 10.1. The van der Waals surface area contributed by atoms with E-state index in [4.69, 9.17) is 0 Å². The van der Waals surface area contributed by atoms with Gasteiger partial charge in [-0.25, -0.2) is 0 Å². The van der Waals surface area contributed by atoms with Crippen LogP contribution in [-0.2, 0) is 6.42 Å². The summed E-state index contributed by atoms with van der Waals surface area (Å²) in [5, 5.41) is 3.03.